The van der Waals surface area contributed by atoms with E-state index < -0.39 is 5.97 Å². The average Bonchev–Trinajstić information content (AvgIpc) is 2.47. The summed E-state index contributed by atoms with van der Waals surface area (Å²) in [4.78, 5) is 13.4. The number of hydrogen-bond donors (Lipinski definition) is 0. The SMILES string of the molecule is [N-]=[N+]=CC(=O)OCCCCOC/C=C/c1ccccc1. The van der Waals surface area contributed by atoms with Crippen LogP contribution in [0, 0.1) is 0 Å². The Morgan fingerprint density at radius 3 is 2.70 bits per heavy atom. The highest BCUT2D eigenvalue weighted by Gasteiger charge is 2.01. The number of carbonyl (C=O) groups is 1. The average molecular weight is 274 g/mol. The topological polar surface area (TPSA) is 71.9 Å². The summed E-state index contributed by atoms with van der Waals surface area (Å²) in [5.41, 5.74) is 9.23. The minimum Gasteiger partial charge on any atom is -0.457 e. The highest BCUT2D eigenvalue weighted by atomic mass is 16.5. The first-order valence-corrected chi connectivity index (χ1v) is 6.46. The van der Waals surface area contributed by atoms with Gasteiger partial charge in [-0.15, -0.1) is 0 Å². The predicted molar refractivity (Wildman–Crippen MR) is 76.2 cm³/mol. The largest absolute Gasteiger partial charge is 0.457 e. The van der Waals surface area contributed by atoms with Crippen LogP contribution >= 0.6 is 0 Å². The standard InChI is InChI=1S/C15H18N2O3/c16-17-13-15(18)20-12-5-4-10-19-11-6-9-14-7-2-1-3-8-14/h1-3,6-9,13H,4-5,10-12H2/b9-6+. The van der Waals surface area contributed by atoms with Crippen LogP contribution < -0.4 is 0 Å². The van der Waals surface area contributed by atoms with Gasteiger partial charge >= 0.3 is 12.2 Å². The van der Waals surface area contributed by atoms with Gasteiger partial charge in [-0.3, -0.25) is 0 Å². The Bertz CT molecular complexity index is 465. The van der Waals surface area contributed by atoms with E-state index in [-0.39, 0.29) is 0 Å². The summed E-state index contributed by atoms with van der Waals surface area (Å²) in [5, 5.41) is 0. The van der Waals surface area contributed by atoms with Crippen molar-refractivity contribution in [3.63, 3.8) is 0 Å². The minimum atomic E-state index is -0.640. The second kappa shape index (κ2) is 10.7. The number of unbranched alkanes of at least 4 members (excludes halogenated alkanes) is 1. The van der Waals surface area contributed by atoms with Crippen LogP contribution in [0.1, 0.15) is 18.4 Å². The summed E-state index contributed by atoms with van der Waals surface area (Å²) in [7, 11) is 0. The van der Waals surface area contributed by atoms with E-state index in [1.165, 1.54) is 0 Å². The first-order chi connectivity index (χ1) is 9.83. The smallest absolute Gasteiger partial charge is 0.413 e. The van der Waals surface area contributed by atoms with Gasteiger partial charge in [0.05, 0.1) is 13.2 Å². The number of benzene rings is 1. The Balaban J connectivity index is 1.96. The molecule has 20 heavy (non-hydrogen) atoms. The number of ether oxygens (including phenoxy) is 2. The first-order valence-electron chi connectivity index (χ1n) is 6.46. The number of hydrogen-bond acceptors (Lipinski definition) is 3. The molecule has 0 heterocycles. The summed E-state index contributed by atoms with van der Waals surface area (Å²) in [6, 6.07) is 10.0. The van der Waals surface area contributed by atoms with Gasteiger partial charge in [0, 0.05) is 6.61 Å². The van der Waals surface area contributed by atoms with E-state index in [0.717, 1.165) is 18.2 Å². The van der Waals surface area contributed by atoms with Gasteiger partial charge in [-0.05, 0) is 18.4 Å². The van der Waals surface area contributed by atoms with Gasteiger partial charge in [0.25, 0.3) is 0 Å². The third kappa shape index (κ3) is 7.97. The summed E-state index contributed by atoms with van der Waals surface area (Å²) in [6.45, 7) is 1.48. The number of nitrogens with zero attached hydrogens (tertiary/aromatic N) is 2. The molecule has 1 rings (SSSR count). The van der Waals surface area contributed by atoms with Crippen molar-refractivity contribution in [1.29, 1.82) is 0 Å². The van der Waals surface area contributed by atoms with Crippen molar-refractivity contribution in [2.75, 3.05) is 19.8 Å². The van der Waals surface area contributed by atoms with Crippen molar-refractivity contribution in [3.05, 3.63) is 47.5 Å². The second-order valence-corrected chi connectivity index (χ2v) is 4.01. The van der Waals surface area contributed by atoms with Crippen LogP contribution in [0.15, 0.2) is 36.4 Å². The monoisotopic (exact) mass is 274 g/mol. The van der Waals surface area contributed by atoms with E-state index in [4.69, 9.17) is 15.0 Å². The predicted octanol–water partition coefficient (Wildman–Crippen LogP) is 2.34. The van der Waals surface area contributed by atoms with Gasteiger partial charge in [-0.25, -0.2) is 4.79 Å². The molecule has 0 aliphatic rings. The van der Waals surface area contributed by atoms with Crippen LogP contribution in [0.3, 0.4) is 0 Å². The molecule has 0 N–H and O–H groups in total. The maximum atomic E-state index is 10.8. The summed E-state index contributed by atoms with van der Waals surface area (Å²) in [6.07, 6.45) is 6.23. The molecule has 0 spiro atoms. The van der Waals surface area contributed by atoms with E-state index >= 15 is 0 Å². The lowest BCUT2D eigenvalue weighted by Crippen LogP contribution is -2.08. The molecule has 0 aliphatic heterocycles. The fourth-order valence-corrected chi connectivity index (χ4v) is 1.46. The van der Waals surface area contributed by atoms with Gasteiger partial charge in [0.2, 0.25) is 0 Å². The summed E-state index contributed by atoms with van der Waals surface area (Å²) >= 11 is 0. The molecule has 1 aromatic carbocycles. The molecule has 5 heteroatoms. The molecule has 0 unspecified atom stereocenters. The zero-order valence-corrected chi connectivity index (χ0v) is 11.3. The van der Waals surface area contributed by atoms with Gasteiger partial charge in [-0.1, -0.05) is 42.5 Å². The van der Waals surface area contributed by atoms with Crippen LogP contribution in [0.5, 0.6) is 0 Å². The molecule has 5 nitrogen and oxygen atoms in total. The van der Waals surface area contributed by atoms with E-state index in [1.807, 2.05) is 42.5 Å². The van der Waals surface area contributed by atoms with E-state index in [1.54, 1.807) is 0 Å². The lowest BCUT2D eigenvalue weighted by molar-refractivity contribution is -0.139. The lowest BCUT2D eigenvalue weighted by Gasteiger charge is -2.01. The molecule has 0 saturated heterocycles. The summed E-state index contributed by atoms with van der Waals surface area (Å²) in [5.74, 6) is -0.640. The zero-order chi connectivity index (χ0) is 14.5. The van der Waals surface area contributed by atoms with Crippen molar-refractivity contribution < 1.29 is 19.1 Å². The van der Waals surface area contributed by atoms with Gasteiger partial charge in [-0.2, -0.15) is 4.79 Å². The molecular formula is C15H18N2O3. The molecule has 0 fully saturated rings. The fraction of sp³-hybridized carbons (Fsp3) is 0.333. The quantitative estimate of drug-likeness (QED) is 0.228. The Hall–Kier alpha value is -2.23. The maximum absolute atomic E-state index is 10.8. The molecule has 0 aromatic heterocycles. The molecule has 0 radical (unpaired) electrons. The minimum absolute atomic E-state index is 0.300. The van der Waals surface area contributed by atoms with Gasteiger partial charge in [0.15, 0.2) is 0 Å². The van der Waals surface area contributed by atoms with Crippen molar-refractivity contribution in [2.45, 2.75) is 12.8 Å². The maximum Gasteiger partial charge on any atom is 0.413 e. The number of rotatable bonds is 9. The Morgan fingerprint density at radius 2 is 1.95 bits per heavy atom. The highest BCUT2D eigenvalue weighted by Crippen LogP contribution is 2.00. The third-order valence-electron chi connectivity index (χ3n) is 2.41. The zero-order valence-electron chi connectivity index (χ0n) is 11.3. The van der Waals surface area contributed by atoms with Crippen molar-refractivity contribution in [1.82, 2.24) is 0 Å². The Kier molecular flexibility index (Phi) is 8.44. The second-order valence-electron chi connectivity index (χ2n) is 4.01. The fourth-order valence-electron chi connectivity index (χ4n) is 1.46. The molecule has 0 bridgehead atoms. The third-order valence-corrected chi connectivity index (χ3v) is 2.41. The molecular weight excluding hydrogens is 256 g/mol. The lowest BCUT2D eigenvalue weighted by atomic mass is 10.2. The summed E-state index contributed by atoms with van der Waals surface area (Å²) < 4.78 is 10.2. The van der Waals surface area contributed by atoms with Crippen molar-refractivity contribution in [2.24, 2.45) is 0 Å². The van der Waals surface area contributed by atoms with Crippen LogP contribution in [0.4, 0.5) is 0 Å². The van der Waals surface area contributed by atoms with Crippen LogP contribution in [0.2, 0.25) is 0 Å². The molecule has 0 aliphatic carbocycles. The molecule has 0 amide bonds. The highest BCUT2D eigenvalue weighted by molar-refractivity contribution is 6.20. The Labute approximate surface area is 118 Å². The first kappa shape index (κ1) is 15.8. The van der Waals surface area contributed by atoms with E-state index in [2.05, 4.69) is 4.79 Å². The van der Waals surface area contributed by atoms with E-state index in [0.29, 0.717) is 26.2 Å². The van der Waals surface area contributed by atoms with Crippen molar-refractivity contribution >= 4 is 18.3 Å². The van der Waals surface area contributed by atoms with Crippen molar-refractivity contribution in [3.8, 4) is 0 Å². The Morgan fingerprint density at radius 1 is 1.20 bits per heavy atom. The number of esters is 1. The molecule has 0 atom stereocenters. The van der Waals surface area contributed by atoms with Crippen LogP contribution in [0.25, 0.3) is 11.6 Å². The van der Waals surface area contributed by atoms with Gasteiger partial charge in [0.1, 0.15) is 0 Å². The molecule has 1 aromatic rings. The van der Waals surface area contributed by atoms with E-state index in [9.17, 15) is 4.79 Å². The van der Waals surface area contributed by atoms with Crippen LogP contribution in [-0.2, 0) is 14.3 Å². The number of carbonyl (C=O) groups excluding carboxylic acids is 1. The van der Waals surface area contributed by atoms with Gasteiger partial charge < -0.3 is 15.0 Å². The normalized spacial score (nSPS) is 10.2. The molecule has 106 valence electrons. The van der Waals surface area contributed by atoms with Crippen LogP contribution in [-0.4, -0.2) is 36.8 Å². The molecule has 0 saturated carbocycles.